The molecule has 0 fully saturated rings. The van der Waals surface area contributed by atoms with E-state index in [1.54, 1.807) is 6.07 Å². The van der Waals surface area contributed by atoms with Crippen LogP contribution >= 0.6 is 0 Å². The van der Waals surface area contributed by atoms with Gasteiger partial charge in [0.1, 0.15) is 11.6 Å². The molecular formula is C12H8F2O2. The van der Waals surface area contributed by atoms with E-state index in [4.69, 9.17) is 4.42 Å². The molecule has 0 unspecified atom stereocenters. The minimum Gasteiger partial charge on any atom is -0.472 e. The number of Topliss-reactive ketones (excluding diaryl/α,β-unsaturated/α-hetero) is 1. The number of ketones is 1. The molecule has 4 heteroatoms. The predicted octanol–water partition coefficient (Wildman–Crippen LogP) is 2.98. The maximum atomic E-state index is 13.2. The lowest BCUT2D eigenvalue weighted by Crippen LogP contribution is -2.05. The Labute approximate surface area is 90.5 Å². The molecule has 2 aromatic rings. The smallest absolute Gasteiger partial charge is 0.170 e. The van der Waals surface area contributed by atoms with Crippen LogP contribution in [0.5, 0.6) is 0 Å². The van der Waals surface area contributed by atoms with Crippen molar-refractivity contribution < 1.29 is 18.0 Å². The van der Waals surface area contributed by atoms with Gasteiger partial charge in [-0.1, -0.05) is 0 Å². The van der Waals surface area contributed by atoms with Crippen molar-refractivity contribution in [3.05, 3.63) is 59.6 Å². The SMILES string of the molecule is O=C(Cc1ccoc1)c1ccc(F)cc1F. The molecule has 2 rings (SSSR count). The van der Waals surface area contributed by atoms with Crippen molar-refractivity contribution >= 4 is 5.78 Å². The van der Waals surface area contributed by atoms with Crippen molar-refractivity contribution in [3.63, 3.8) is 0 Å². The van der Waals surface area contributed by atoms with E-state index in [1.807, 2.05) is 0 Å². The Morgan fingerprint density at radius 2 is 2.06 bits per heavy atom. The van der Waals surface area contributed by atoms with Crippen LogP contribution in [0.3, 0.4) is 0 Å². The number of carbonyl (C=O) groups excluding carboxylic acids is 1. The number of furan rings is 1. The van der Waals surface area contributed by atoms with Gasteiger partial charge in [-0.2, -0.15) is 0 Å². The second kappa shape index (κ2) is 4.26. The molecule has 16 heavy (non-hydrogen) atoms. The van der Waals surface area contributed by atoms with E-state index in [9.17, 15) is 13.6 Å². The third kappa shape index (κ3) is 2.16. The van der Waals surface area contributed by atoms with E-state index in [-0.39, 0.29) is 12.0 Å². The lowest BCUT2D eigenvalue weighted by atomic mass is 10.0. The Hall–Kier alpha value is -1.97. The van der Waals surface area contributed by atoms with E-state index in [0.717, 1.165) is 12.1 Å². The Morgan fingerprint density at radius 1 is 1.25 bits per heavy atom. The molecule has 0 saturated carbocycles. The summed E-state index contributed by atoms with van der Waals surface area (Å²) >= 11 is 0. The van der Waals surface area contributed by atoms with Crippen LogP contribution < -0.4 is 0 Å². The van der Waals surface area contributed by atoms with Gasteiger partial charge < -0.3 is 4.42 Å². The highest BCUT2D eigenvalue weighted by Gasteiger charge is 2.13. The molecule has 0 radical (unpaired) electrons. The summed E-state index contributed by atoms with van der Waals surface area (Å²) < 4.78 is 30.7. The van der Waals surface area contributed by atoms with Gasteiger partial charge in [-0.25, -0.2) is 8.78 Å². The third-order valence-electron chi connectivity index (χ3n) is 2.18. The molecule has 0 saturated heterocycles. The van der Waals surface area contributed by atoms with Gasteiger partial charge in [0.05, 0.1) is 18.1 Å². The summed E-state index contributed by atoms with van der Waals surface area (Å²) in [5.74, 6) is -1.94. The monoisotopic (exact) mass is 222 g/mol. The van der Waals surface area contributed by atoms with Gasteiger partial charge in [0.15, 0.2) is 5.78 Å². The first kappa shape index (κ1) is 10.5. The molecule has 0 amide bonds. The highest BCUT2D eigenvalue weighted by Crippen LogP contribution is 2.13. The molecule has 2 nitrogen and oxygen atoms in total. The first-order chi connectivity index (χ1) is 7.66. The van der Waals surface area contributed by atoms with E-state index < -0.39 is 17.4 Å². The summed E-state index contributed by atoms with van der Waals surface area (Å²) in [6, 6.07) is 4.53. The first-order valence-corrected chi connectivity index (χ1v) is 4.66. The number of rotatable bonds is 3. The second-order valence-corrected chi connectivity index (χ2v) is 3.36. The minimum atomic E-state index is -0.839. The molecule has 0 atom stereocenters. The van der Waals surface area contributed by atoms with Crippen molar-refractivity contribution in [1.29, 1.82) is 0 Å². The fraction of sp³-hybridized carbons (Fsp3) is 0.0833. The van der Waals surface area contributed by atoms with E-state index in [2.05, 4.69) is 0 Å². The van der Waals surface area contributed by atoms with E-state index >= 15 is 0 Å². The van der Waals surface area contributed by atoms with Crippen molar-refractivity contribution in [2.24, 2.45) is 0 Å². The molecule has 82 valence electrons. The molecule has 0 bridgehead atoms. The summed E-state index contributed by atoms with van der Waals surface area (Å²) in [6.45, 7) is 0. The Bertz CT molecular complexity index is 504. The van der Waals surface area contributed by atoms with Crippen LogP contribution in [0.4, 0.5) is 8.78 Å². The highest BCUT2D eigenvalue weighted by molar-refractivity contribution is 5.97. The largest absolute Gasteiger partial charge is 0.472 e. The zero-order valence-corrected chi connectivity index (χ0v) is 8.24. The number of benzene rings is 1. The lowest BCUT2D eigenvalue weighted by molar-refractivity contribution is 0.0989. The van der Waals surface area contributed by atoms with Gasteiger partial charge in [-0.15, -0.1) is 0 Å². The molecule has 1 heterocycles. The van der Waals surface area contributed by atoms with Crippen molar-refractivity contribution in [2.75, 3.05) is 0 Å². The van der Waals surface area contributed by atoms with Crippen LogP contribution in [-0.2, 0) is 6.42 Å². The summed E-state index contributed by atoms with van der Waals surface area (Å²) in [5.41, 5.74) is 0.552. The Kier molecular flexibility index (Phi) is 2.81. The van der Waals surface area contributed by atoms with Gasteiger partial charge in [-0.3, -0.25) is 4.79 Å². The Balaban J connectivity index is 2.21. The summed E-state index contributed by atoms with van der Waals surface area (Å²) in [7, 11) is 0. The quantitative estimate of drug-likeness (QED) is 0.747. The molecule has 0 aliphatic rings. The minimum absolute atomic E-state index is 0.0407. The first-order valence-electron chi connectivity index (χ1n) is 4.66. The van der Waals surface area contributed by atoms with Crippen molar-refractivity contribution in [3.8, 4) is 0 Å². The number of hydrogen-bond acceptors (Lipinski definition) is 2. The van der Waals surface area contributed by atoms with Crippen molar-refractivity contribution in [2.45, 2.75) is 6.42 Å². The normalized spacial score (nSPS) is 10.4. The van der Waals surface area contributed by atoms with Crippen LogP contribution in [0.2, 0.25) is 0 Å². The van der Waals surface area contributed by atoms with Gasteiger partial charge in [0.25, 0.3) is 0 Å². The van der Waals surface area contributed by atoms with E-state index in [1.165, 1.54) is 12.5 Å². The number of hydrogen-bond donors (Lipinski definition) is 0. The molecule has 1 aromatic carbocycles. The second-order valence-electron chi connectivity index (χ2n) is 3.36. The lowest BCUT2D eigenvalue weighted by Gasteiger charge is -2.00. The fourth-order valence-corrected chi connectivity index (χ4v) is 1.39. The number of halogens is 2. The maximum Gasteiger partial charge on any atom is 0.170 e. The topological polar surface area (TPSA) is 30.2 Å². The van der Waals surface area contributed by atoms with Crippen LogP contribution in [0.25, 0.3) is 0 Å². The fourth-order valence-electron chi connectivity index (χ4n) is 1.39. The molecule has 0 aliphatic heterocycles. The Morgan fingerprint density at radius 3 is 2.69 bits per heavy atom. The third-order valence-corrected chi connectivity index (χ3v) is 2.18. The summed E-state index contributed by atoms with van der Waals surface area (Å²) in [5, 5.41) is 0. The van der Waals surface area contributed by atoms with Gasteiger partial charge >= 0.3 is 0 Å². The van der Waals surface area contributed by atoms with E-state index in [0.29, 0.717) is 11.6 Å². The molecule has 0 spiro atoms. The predicted molar refractivity (Wildman–Crippen MR) is 53.1 cm³/mol. The van der Waals surface area contributed by atoms with Crippen LogP contribution in [-0.4, -0.2) is 5.78 Å². The van der Waals surface area contributed by atoms with Crippen molar-refractivity contribution in [1.82, 2.24) is 0 Å². The maximum absolute atomic E-state index is 13.2. The average molecular weight is 222 g/mol. The molecule has 0 aliphatic carbocycles. The zero-order valence-electron chi connectivity index (χ0n) is 8.24. The van der Waals surface area contributed by atoms with Crippen LogP contribution in [0, 0.1) is 11.6 Å². The van der Waals surface area contributed by atoms with Gasteiger partial charge in [0.2, 0.25) is 0 Å². The summed E-state index contributed by atoms with van der Waals surface area (Å²) in [6.07, 6.45) is 2.89. The standard InChI is InChI=1S/C12H8F2O2/c13-9-1-2-10(11(14)6-9)12(15)5-8-3-4-16-7-8/h1-4,6-7H,5H2. The molecular weight excluding hydrogens is 214 g/mol. The van der Waals surface area contributed by atoms with Gasteiger partial charge in [0, 0.05) is 12.5 Å². The van der Waals surface area contributed by atoms with Gasteiger partial charge in [-0.05, 0) is 23.8 Å². The van der Waals surface area contributed by atoms with Crippen LogP contribution in [0.1, 0.15) is 15.9 Å². The average Bonchev–Trinajstić information content (AvgIpc) is 2.70. The molecule has 1 aromatic heterocycles. The highest BCUT2D eigenvalue weighted by atomic mass is 19.1. The molecule has 0 N–H and O–H groups in total. The van der Waals surface area contributed by atoms with Crippen LogP contribution in [0.15, 0.2) is 41.2 Å². The zero-order chi connectivity index (χ0) is 11.5. The summed E-state index contributed by atoms with van der Waals surface area (Å²) in [4.78, 5) is 11.6. The number of carbonyl (C=O) groups is 1.